The standard InChI is InChI=1S/C18H11Cl4O3P/c19-12-6-8-15(21)17(10-12)24-26(23,14-4-2-1-3-5-14)25-18-11-13(20)7-9-16(18)22/h1-11H. The Morgan fingerprint density at radius 1 is 0.654 bits per heavy atom. The summed E-state index contributed by atoms with van der Waals surface area (Å²) < 4.78 is 25.1. The Bertz CT molecular complexity index is 922. The van der Waals surface area contributed by atoms with Crippen LogP contribution in [0, 0.1) is 0 Å². The van der Waals surface area contributed by atoms with Crippen molar-refractivity contribution in [3.63, 3.8) is 0 Å². The molecule has 0 N–H and O–H groups in total. The van der Waals surface area contributed by atoms with Crippen molar-refractivity contribution in [1.82, 2.24) is 0 Å². The third-order valence-corrected chi connectivity index (χ3v) is 6.20. The van der Waals surface area contributed by atoms with Gasteiger partial charge in [-0.05, 0) is 36.4 Å². The maximum absolute atomic E-state index is 13.6. The van der Waals surface area contributed by atoms with E-state index in [1.54, 1.807) is 54.6 Å². The van der Waals surface area contributed by atoms with Crippen molar-refractivity contribution in [2.75, 3.05) is 0 Å². The summed E-state index contributed by atoms with van der Waals surface area (Å²) >= 11 is 24.3. The molecule has 0 aliphatic rings. The lowest BCUT2D eigenvalue weighted by Crippen LogP contribution is -2.14. The predicted molar refractivity (Wildman–Crippen MR) is 108 cm³/mol. The Morgan fingerprint density at radius 3 is 1.58 bits per heavy atom. The molecule has 0 unspecified atom stereocenters. The quantitative estimate of drug-likeness (QED) is 0.385. The van der Waals surface area contributed by atoms with Crippen LogP contribution in [-0.4, -0.2) is 0 Å². The highest BCUT2D eigenvalue weighted by molar-refractivity contribution is 7.63. The largest absolute Gasteiger partial charge is 0.462 e. The Labute approximate surface area is 170 Å². The van der Waals surface area contributed by atoms with Gasteiger partial charge >= 0.3 is 7.60 Å². The van der Waals surface area contributed by atoms with Crippen molar-refractivity contribution in [2.45, 2.75) is 0 Å². The van der Waals surface area contributed by atoms with Gasteiger partial charge in [0.15, 0.2) is 11.5 Å². The summed E-state index contributed by atoms with van der Waals surface area (Å²) in [7, 11) is -3.90. The van der Waals surface area contributed by atoms with E-state index >= 15 is 0 Å². The molecule has 0 bridgehead atoms. The third kappa shape index (κ3) is 4.49. The molecule has 26 heavy (non-hydrogen) atoms. The molecule has 3 nitrogen and oxygen atoms in total. The van der Waals surface area contributed by atoms with Crippen molar-refractivity contribution in [1.29, 1.82) is 0 Å². The first-order valence-corrected chi connectivity index (χ1v) is 10.4. The minimum atomic E-state index is -3.90. The average molecular weight is 448 g/mol. The zero-order chi connectivity index (χ0) is 18.7. The van der Waals surface area contributed by atoms with Crippen molar-refractivity contribution in [3.8, 4) is 11.5 Å². The van der Waals surface area contributed by atoms with E-state index in [-0.39, 0.29) is 21.5 Å². The minimum Gasteiger partial charge on any atom is -0.411 e. The van der Waals surface area contributed by atoms with Crippen LogP contribution in [0.3, 0.4) is 0 Å². The highest BCUT2D eigenvalue weighted by Crippen LogP contribution is 2.51. The molecule has 0 atom stereocenters. The van der Waals surface area contributed by atoms with Gasteiger partial charge in [-0.25, -0.2) is 4.57 Å². The van der Waals surface area contributed by atoms with Crippen LogP contribution in [0.25, 0.3) is 0 Å². The smallest absolute Gasteiger partial charge is 0.411 e. The fourth-order valence-electron chi connectivity index (χ4n) is 2.09. The second-order valence-electron chi connectivity index (χ2n) is 5.17. The summed E-state index contributed by atoms with van der Waals surface area (Å²) in [5.74, 6) is 0.258. The van der Waals surface area contributed by atoms with Crippen LogP contribution in [0.1, 0.15) is 0 Å². The van der Waals surface area contributed by atoms with Crippen LogP contribution in [0.15, 0.2) is 66.7 Å². The molecule has 0 saturated heterocycles. The van der Waals surface area contributed by atoms with E-state index in [0.717, 1.165) is 0 Å². The zero-order valence-electron chi connectivity index (χ0n) is 13.0. The third-order valence-electron chi connectivity index (χ3n) is 3.30. The van der Waals surface area contributed by atoms with Crippen molar-refractivity contribution < 1.29 is 13.6 Å². The summed E-state index contributed by atoms with van der Waals surface area (Å²) in [6.45, 7) is 0. The van der Waals surface area contributed by atoms with Gasteiger partial charge in [-0.15, -0.1) is 0 Å². The second-order valence-corrected chi connectivity index (χ2v) is 8.73. The van der Waals surface area contributed by atoms with Gasteiger partial charge in [0.25, 0.3) is 0 Å². The molecule has 3 aromatic rings. The van der Waals surface area contributed by atoms with Gasteiger partial charge in [-0.1, -0.05) is 64.6 Å². The topological polar surface area (TPSA) is 35.5 Å². The lowest BCUT2D eigenvalue weighted by atomic mass is 10.3. The molecule has 0 radical (unpaired) electrons. The SMILES string of the molecule is O=P(Oc1cc(Cl)ccc1Cl)(Oc1cc(Cl)ccc1Cl)c1ccccc1. The molecule has 0 saturated carbocycles. The van der Waals surface area contributed by atoms with Crippen LogP contribution in [0.5, 0.6) is 11.5 Å². The van der Waals surface area contributed by atoms with Crippen LogP contribution in [0.4, 0.5) is 0 Å². The number of hydrogen-bond acceptors (Lipinski definition) is 3. The highest BCUT2D eigenvalue weighted by Gasteiger charge is 2.33. The Kier molecular flexibility index (Phi) is 6.06. The Balaban J connectivity index is 2.07. The molecule has 0 aromatic heterocycles. The second kappa shape index (κ2) is 8.12. The van der Waals surface area contributed by atoms with E-state index in [1.165, 1.54) is 12.1 Å². The van der Waals surface area contributed by atoms with E-state index in [1.807, 2.05) is 0 Å². The van der Waals surface area contributed by atoms with Crippen LogP contribution in [-0.2, 0) is 4.57 Å². The van der Waals surface area contributed by atoms with Crippen molar-refractivity contribution in [3.05, 3.63) is 86.8 Å². The van der Waals surface area contributed by atoms with Crippen molar-refractivity contribution in [2.24, 2.45) is 0 Å². The lowest BCUT2D eigenvalue weighted by molar-refractivity contribution is 0.399. The summed E-state index contributed by atoms with van der Waals surface area (Å²) in [5.41, 5.74) is 0. The summed E-state index contributed by atoms with van der Waals surface area (Å²) in [6, 6.07) is 17.7. The molecule has 3 rings (SSSR count). The van der Waals surface area contributed by atoms with Crippen molar-refractivity contribution >= 4 is 59.3 Å². The first-order valence-electron chi connectivity index (χ1n) is 7.32. The fourth-order valence-corrected chi connectivity index (χ4v) is 4.44. The molecular weight excluding hydrogens is 437 g/mol. The maximum Gasteiger partial charge on any atom is 0.462 e. The molecule has 0 amide bonds. The van der Waals surface area contributed by atoms with Gasteiger partial charge < -0.3 is 9.05 Å². The van der Waals surface area contributed by atoms with Crippen LogP contribution >= 0.6 is 54.0 Å². The van der Waals surface area contributed by atoms with Gasteiger partial charge in [0.2, 0.25) is 0 Å². The van der Waals surface area contributed by atoms with Gasteiger partial charge in [0.1, 0.15) is 0 Å². The molecule has 0 aliphatic heterocycles. The molecule has 0 heterocycles. The molecule has 0 aliphatic carbocycles. The number of hydrogen-bond donors (Lipinski definition) is 0. The average Bonchev–Trinajstić information content (AvgIpc) is 2.62. The van der Waals surface area contributed by atoms with E-state index in [0.29, 0.717) is 15.3 Å². The molecule has 8 heteroatoms. The van der Waals surface area contributed by atoms with E-state index in [9.17, 15) is 4.57 Å². The van der Waals surface area contributed by atoms with Gasteiger partial charge in [0, 0.05) is 22.2 Å². The molecule has 0 spiro atoms. The first kappa shape index (κ1) is 19.4. The van der Waals surface area contributed by atoms with E-state index in [2.05, 4.69) is 0 Å². The summed E-state index contributed by atoms with van der Waals surface area (Å²) in [4.78, 5) is 0. The van der Waals surface area contributed by atoms with Gasteiger partial charge in [-0.2, -0.15) is 0 Å². The van der Waals surface area contributed by atoms with E-state index in [4.69, 9.17) is 55.5 Å². The number of rotatable bonds is 5. The van der Waals surface area contributed by atoms with Gasteiger partial charge in [0.05, 0.1) is 15.3 Å². The molecule has 3 aromatic carbocycles. The van der Waals surface area contributed by atoms with Crippen LogP contribution in [0.2, 0.25) is 20.1 Å². The minimum absolute atomic E-state index is 0.129. The summed E-state index contributed by atoms with van der Waals surface area (Å²) in [6.07, 6.45) is 0. The fraction of sp³-hybridized carbons (Fsp3) is 0. The maximum atomic E-state index is 13.6. The predicted octanol–water partition coefficient (Wildman–Crippen LogP) is 7.28. The molecule has 0 fully saturated rings. The number of benzene rings is 3. The number of halogens is 4. The highest BCUT2D eigenvalue weighted by atomic mass is 35.5. The summed E-state index contributed by atoms with van der Waals surface area (Å²) in [5, 5.41) is 1.57. The van der Waals surface area contributed by atoms with Crippen LogP contribution < -0.4 is 14.4 Å². The zero-order valence-corrected chi connectivity index (χ0v) is 17.0. The Morgan fingerprint density at radius 2 is 1.12 bits per heavy atom. The van der Waals surface area contributed by atoms with E-state index < -0.39 is 7.60 Å². The normalized spacial score (nSPS) is 11.2. The lowest BCUT2D eigenvalue weighted by Gasteiger charge is -2.21. The monoisotopic (exact) mass is 446 g/mol. The van der Waals surface area contributed by atoms with Gasteiger partial charge in [-0.3, -0.25) is 0 Å². The molecule has 134 valence electrons. The Hall–Kier alpha value is -1.35. The molecular formula is C18H11Cl4O3P. The first-order chi connectivity index (χ1) is 12.4.